The molecule has 98 valence electrons. The maximum absolute atomic E-state index is 6.15. The number of hydrogen-bond donors (Lipinski definition) is 1. The van der Waals surface area contributed by atoms with Crippen LogP contribution in [0.25, 0.3) is 11.0 Å². The molecule has 3 aromatic rings. The fourth-order valence-electron chi connectivity index (χ4n) is 2.12. The molecule has 0 spiro atoms. The van der Waals surface area contributed by atoms with Gasteiger partial charge < -0.3 is 9.73 Å². The molecule has 2 aromatic heterocycles. The van der Waals surface area contributed by atoms with E-state index in [1.165, 1.54) is 11.1 Å². The highest BCUT2D eigenvalue weighted by Gasteiger charge is 2.11. The van der Waals surface area contributed by atoms with Crippen molar-refractivity contribution < 1.29 is 4.42 Å². The third-order valence-electron chi connectivity index (χ3n) is 3.23. The standard InChI is InChI=1S/C15H14ClNOS/c1-10-8-19-9-11(10)6-17-7-13-12-4-2-3-5-14(12)18-15(13)16/h2-5,8-9,17H,6-7H2,1H3. The molecule has 4 heteroatoms. The lowest BCUT2D eigenvalue weighted by atomic mass is 10.1. The van der Waals surface area contributed by atoms with Gasteiger partial charge in [0.25, 0.3) is 0 Å². The van der Waals surface area contributed by atoms with Crippen LogP contribution in [0.2, 0.25) is 5.22 Å². The predicted octanol–water partition coefficient (Wildman–Crippen LogP) is 4.75. The Morgan fingerprint density at radius 3 is 2.84 bits per heavy atom. The average molecular weight is 292 g/mol. The lowest BCUT2D eigenvalue weighted by Crippen LogP contribution is -2.12. The van der Waals surface area contributed by atoms with Crippen LogP contribution in [0.3, 0.4) is 0 Å². The number of rotatable bonds is 4. The summed E-state index contributed by atoms with van der Waals surface area (Å²) in [5, 5.41) is 9.34. The van der Waals surface area contributed by atoms with Crippen LogP contribution in [-0.4, -0.2) is 0 Å². The molecule has 0 aliphatic carbocycles. The van der Waals surface area contributed by atoms with Crippen LogP contribution in [0.1, 0.15) is 16.7 Å². The molecule has 1 N–H and O–H groups in total. The molecule has 1 aromatic carbocycles. The minimum Gasteiger partial charge on any atom is -0.444 e. The van der Waals surface area contributed by atoms with E-state index in [9.17, 15) is 0 Å². The summed E-state index contributed by atoms with van der Waals surface area (Å²) < 4.78 is 5.54. The zero-order valence-corrected chi connectivity index (χ0v) is 12.1. The van der Waals surface area contributed by atoms with Crippen LogP contribution >= 0.6 is 22.9 Å². The van der Waals surface area contributed by atoms with Crippen molar-refractivity contribution in [3.63, 3.8) is 0 Å². The Balaban J connectivity index is 1.75. The predicted molar refractivity (Wildman–Crippen MR) is 80.8 cm³/mol. The van der Waals surface area contributed by atoms with E-state index < -0.39 is 0 Å². The Kier molecular flexibility index (Phi) is 3.60. The molecule has 0 saturated carbocycles. The van der Waals surface area contributed by atoms with Gasteiger partial charge in [-0.05, 0) is 46.5 Å². The number of furan rings is 1. The summed E-state index contributed by atoms with van der Waals surface area (Å²) in [4.78, 5) is 0. The van der Waals surface area contributed by atoms with Gasteiger partial charge in [0.2, 0.25) is 0 Å². The number of nitrogens with one attached hydrogen (secondary N) is 1. The van der Waals surface area contributed by atoms with Crippen molar-refractivity contribution in [3.8, 4) is 0 Å². The first kappa shape index (κ1) is 12.7. The van der Waals surface area contributed by atoms with Crippen molar-refractivity contribution >= 4 is 33.9 Å². The van der Waals surface area contributed by atoms with Gasteiger partial charge in [-0.2, -0.15) is 11.3 Å². The van der Waals surface area contributed by atoms with E-state index in [4.69, 9.17) is 16.0 Å². The van der Waals surface area contributed by atoms with Crippen molar-refractivity contribution in [2.24, 2.45) is 0 Å². The van der Waals surface area contributed by atoms with Gasteiger partial charge in [-0.1, -0.05) is 18.2 Å². The molecule has 0 aliphatic rings. The van der Waals surface area contributed by atoms with Crippen LogP contribution in [0, 0.1) is 6.92 Å². The summed E-state index contributed by atoms with van der Waals surface area (Å²) in [7, 11) is 0. The molecule has 0 bridgehead atoms. The van der Waals surface area contributed by atoms with Crippen LogP contribution in [0.5, 0.6) is 0 Å². The smallest absolute Gasteiger partial charge is 0.199 e. The van der Waals surface area contributed by atoms with Gasteiger partial charge in [0.15, 0.2) is 5.22 Å². The zero-order chi connectivity index (χ0) is 13.2. The van der Waals surface area contributed by atoms with Gasteiger partial charge >= 0.3 is 0 Å². The van der Waals surface area contributed by atoms with Gasteiger partial charge in [-0.15, -0.1) is 0 Å². The summed E-state index contributed by atoms with van der Waals surface area (Å²) in [6, 6.07) is 7.93. The first-order valence-electron chi connectivity index (χ1n) is 6.14. The highest BCUT2D eigenvalue weighted by molar-refractivity contribution is 7.08. The van der Waals surface area contributed by atoms with E-state index in [1.807, 2.05) is 24.3 Å². The monoisotopic (exact) mass is 291 g/mol. The molecule has 0 saturated heterocycles. The number of para-hydroxylation sites is 1. The van der Waals surface area contributed by atoms with E-state index in [0.29, 0.717) is 11.8 Å². The third kappa shape index (κ3) is 2.54. The quantitative estimate of drug-likeness (QED) is 0.750. The Morgan fingerprint density at radius 1 is 1.21 bits per heavy atom. The van der Waals surface area contributed by atoms with Gasteiger partial charge in [0, 0.05) is 24.0 Å². The number of halogens is 1. The maximum Gasteiger partial charge on any atom is 0.199 e. The summed E-state index contributed by atoms with van der Waals surface area (Å²) in [5.74, 6) is 0. The van der Waals surface area contributed by atoms with Crippen molar-refractivity contribution in [1.82, 2.24) is 5.32 Å². The molecule has 19 heavy (non-hydrogen) atoms. The molecular formula is C15H14ClNOS. The maximum atomic E-state index is 6.15. The van der Waals surface area contributed by atoms with Gasteiger partial charge in [0.1, 0.15) is 5.58 Å². The third-order valence-corrected chi connectivity index (χ3v) is 4.44. The van der Waals surface area contributed by atoms with Crippen molar-refractivity contribution in [2.75, 3.05) is 0 Å². The van der Waals surface area contributed by atoms with Gasteiger partial charge in [-0.3, -0.25) is 0 Å². The fraction of sp³-hybridized carbons (Fsp3) is 0.200. The fourth-order valence-corrected chi connectivity index (χ4v) is 3.23. The Labute approximate surface area is 121 Å². The molecule has 0 atom stereocenters. The number of fused-ring (bicyclic) bond motifs is 1. The van der Waals surface area contributed by atoms with Crippen molar-refractivity contribution in [3.05, 3.63) is 56.9 Å². The molecule has 0 unspecified atom stereocenters. The van der Waals surface area contributed by atoms with Crippen LogP contribution < -0.4 is 5.32 Å². The minimum atomic E-state index is 0.482. The van der Waals surface area contributed by atoms with E-state index in [0.717, 1.165) is 23.1 Å². The normalized spacial score (nSPS) is 11.3. The van der Waals surface area contributed by atoms with Crippen LogP contribution in [0.4, 0.5) is 0 Å². The number of benzene rings is 1. The van der Waals surface area contributed by atoms with Crippen LogP contribution in [-0.2, 0) is 13.1 Å². The SMILES string of the molecule is Cc1cscc1CNCc1c(Cl)oc2ccccc12. The summed E-state index contributed by atoms with van der Waals surface area (Å²) in [6.45, 7) is 3.70. The lowest BCUT2D eigenvalue weighted by molar-refractivity contribution is 0.604. The Morgan fingerprint density at radius 2 is 2.05 bits per heavy atom. The van der Waals surface area contributed by atoms with Gasteiger partial charge in [0.05, 0.1) is 0 Å². The molecular weight excluding hydrogens is 278 g/mol. The molecule has 0 fully saturated rings. The molecule has 0 radical (unpaired) electrons. The topological polar surface area (TPSA) is 25.2 Å². The molecule has 3 rings (SSSR count). The number of aryl methyl sites for hydroxylation is 1. The first-order chi connectivity index (χ1) is 9.25. The lowest BCUT2D eigenvalue weighted by Gasteiger charge is -2.03. The van der Waals surface area contributed by atoms with Gasteiger partial charge in [-0.25, -0.2) is 0 Å². The van der Waals surface area contributed by atoms with E-state index in [-0.39, 0.29) is 0 Å². The second-order valence-corrected chi connectivity index (χ2v) is 5.62. The Hall–Kier alpha value is -1.29. The van der Waals surface area contributed by atoms with E-state index in [2.05, 4.69) is 23.0 Å². The van der Waals surface area contributed by atoms with Crippen molar-refractivity contribution in [1.29, 1.82) is 0 Å². The summed E-state index contributed by atoms with van der Waals surface area (Å²) >= 11 is 7.89. The second-order valence-electron chi connectivity index (χ2n) is 4.53. The summed E-state index contributed by atoms with van der Waals surface area (Å²) in [5.41, 5.74) is 4.55. The molecule has 2 heterocycles. The Bertz CT molecular complexity index is 701. The number of thiophene rings is 1. The summed E-state index contributed by atoms with van der Waals surface area (Å²) in [6.07, 6.45) is 0. The first-order valence-corrected chi connectivity index (χ1v) is 7.46. The van der Waals surface area contributed by atoms with E-state index >= 15 is 0 Å². The highest BCUT2D eigenvalue weighted by atomic mass is 35.5. The zero-order valence-electron chi connectivity index (χ0n) is 10.6. The molecule has 0 amide bonds. The molecule has 0 aliphatic heterocycles. The highest BCUT2D eigenvalue weighted by Crippen LogP contribution is 2.29. The van der Waals surface area contributed by atoms with E-state index in [1.54, 1.807) is 11.3 Å². The largest absolute Gasteiger partial charge is 0.444 e. The van der Waals surface area contributed by atoms with Crippen molar-refractivity contribution in [2.45, 2.75) is 20.0 Å². The minimum absolute atomic E-state index is 0.482. The molecule has 2 nitrogen and oxygen atoms in total. The number of hydrogen-bond acceptors (Lipinski definition) is 3. The second kappa shape index (κ2) is 5.37. The van der Waals surface area contributed by atoms with Crippen LogP contribution in [0.15, 0.2) is 39.4 Å². The average Bonchev–Trinajstić information content (AvgIpc) is 2.94.